The lowest BCUT2D eigenvalue weighted by Gasteiger charge is -2.07. The van der Waals surface area contributed by atoms with Crippen LogP contribution >= 0.6 is 11.5 Å². The molecule has 156 valence electrons. The molecule has 0 atom stereocenters. The number of nitrogens with one attached hydrogen (secondary N) is 1. The van der Waals surface area contributed by atoms with E-state index in [2.05, 4.69) is 38.9 Å². The van der Waals surface area contributed by atoms with Crippen LogP contribution < -0.4 is 15.8 Å². The van der Waals surface area contributed by atoms with E-state index >= 15 is 0 Å². The highest BCUT2D eigenvalue weighted by atomic mass is 32.1. The number of aromatic nitrogens is 1. The van der Waals surface area contributed by atoms with Gasteiger partial charge in [-0.05, 0) is 65.1 Å². The molecule has 1 aromatic heterocycles. The Labute approximate surface area is 184 Å². The van der Waals surface area contributed by atoms with Crippen LogP contribution in [-0.2, 0) is 6.54 Å². The third kappa shape index (κ3) is 4.57. The van der Waals surface area contributed by atoms with Crippen molar-refractivity contribution in [3.05, 3.63) is 82.7 Å². The van der Waals surface area contributed by atoms with E-state index in [9.17, 15) is 4.79 Å². The van der Waals surface area contributed by atoms with E-state index in [1.807, 2.05) is 49.4 Å². The average molecular weight is 431 g/mol. The molecule has 0 bridgehead atoms. The molecule has 4 rings (SSSR count). The van der Waals surface area contributed by atoms with Gasteiger partial charge in [-0.25, -0.2) is 4.99 Å². The Bertz CT molecular complexity index is 1260. The fraction of sp³-hybridized carbons (Fsp3) is 0.125. The number of hydrogen-bond acceptors (Lipinski definition) is 5. The molecular formula is C24H22N4O2S. The number of carbonyl (C=O) groups excluding carboxylic acids is 1. The number of guanidine groups is 1. The van der Waals surface area contributed by atoms with Gasteiger partial charge in [-0.2, -0.15) is 4.37 Å². The van der Waals surface area contributed by atoms with Crippen molar-refractivity contribution in [2.45, 2.75) is 13.5 Å². The minimum Gasteiger partial charge on any atom is -0.497 e. The lowest BCUT2D eigenvalue weighted by Crippen LogP contribution is -2.37. The zero-order valence-electron chi connectivity index (χ0n) is 17.3. The maximum absolute atomic E-state index is 12.9. The van der Waals surface area contributed by atoms with Crippen molar-refractivity contribution < 1.29 is 9.53 Å². The first-order valence-corrected chi connectivity index (χ1v) is 10.5. The summed E-state index contributed by atoms with van der Waals surface area (Å²) in [5.74, 6) is 0.494. The standard InChI is InChI=1S/C24H22N4O2S/c1-15-21(22(28-31-15)18-9-11-20(30-2)12-10-18)23(29)27-24(25)26-14-16-7-8-17-5-3-4-6-19(17)13-16/h3-13H,14H2,1-2H3,(H3,25,26,27,29). The molecule has 0 saturated heterocycles. The fourth-order valence-electron chi connectivity index (χ4n) is 3.32. The van der Waals surface area contributed by atoms with Gasteiger partial charge in [0.25, 0.3) is 5.91 Å². The molecule has 0 unspecified atom stereocenters. The molecule has 7 heteroatoms. The number of aliphatic imine (C=N–C) groups is 1. The van der Waals surface area contributed by atoms with Crippen LogP contribution in [0.3, 0.4) is 0 Å². The number of amides is 1. The van der Waals surface area contributed by atoms with Crippen LogP contribution in [0.15, 0.2) is 71.7 Å². The minimum absolute atomic E-state index is 0.0736. The van der Waals surface area contributed by atoms with E-state index in [4.69, 9.17) is 10.5 Å². The monoisotopic (exact) mass is 430 g/mol. The number of nitrogens with two attached hydrogens (primary N) is 1. The van der Waals surface area contributed by atoms with Crippen LogP contribution in [0.2, 0.25) is 0 Å². The van der Waals surface area contributed by atoms with Crippen LogP contribution in [-0.4, -0.2) is 23.4 Å². The van der Waals surface area contributed by atoms with E-state index in [0.717, 1.165) is 27.1 Å². The summed E-state index contributed by atoms with van der Waals surface area (Å²) in [5.41, 5.74) is 8.97. The minimum atomic E-state index is -0.322. The van der Waals surface area contributed by atoms with Crippen molar-refractivity contribution in [3.8, 4) is 17.0 Å². The summed E-state index contributed by atoms with van der Waals surface area (Å²) >= 11 is 1.28. The topological polar surface area (TPSA) is 89.6 Å². The highest BCUT2D eigenvalue weighted by molar-refractivity contribution is 7.06. The first kappa shape index (κ1) is 20.6. The highest BCUT2D eigenvalue weighted by Gasteiger charge is 2.20. The normalized spacial score (nSPS) is 11.5. The van der Waals surface area contributed by atoms with Crippen LogP contribution in [0.1, 0.15) is 20.8 Å². The summed E-state index contributed by atoms with van der Waals surface area (Å²) in [5, 5.41) is 5.00. The molecule has 3 N–H and O–H groups in total. The Hall–Kier alpha value is -3.71. The maximum atomic E-state index is 12.9. The van der Waals surface area contributed by atoms with E-state index in [1.54, 1.807) is 7.11 Å². The average Bonchev–Trinajstić information content (AvgIpc) is 3.19. The zero-order valence-corrected chi connectivity index (χ0v) is 18.1. The summed E-state index contributed by atoms with van der Waals surface area (Å²) in [7, 11) is 1.61. The number of nitrogens with zero attached hydrogens (tertiary/aromatic N) is 2. The zero-order chi connectivity index (χ0) is 21.8. The molecule has 0 fully saturated rings. The van der Waals surface area contributed by atoms with Crippen molar-refractivity contribution >= 4 is 34.2 Å². The Balaban J connectivity index is 1.50. The largest absolute Gasteiger partial charge is 0.497 e. The SMILES string of the molecule is COc1ccc(-c2nsc(C)c2C(=O)NC(N)=NCc2ccc3ccccc3c2)cc1. The predicted octanol–water partition coefficient (Wildman–Crippen LogP) is 4.53. The van der Waals surface area contributed by atoms with Gasteiger partial charge in [-0.15, -0.1) is 0 Å². The molecule has 6 nitrogen and oxygen atoms in total. The molecule has 4 aromatic rings. The van der Waals surface area contributed by atoms with Crippen LogP contribution in [0.5, 0.6) is 5.75 Å². The molecule has 0 spiro atoms. The van der Waals surface area contributed by atoms with Gasteiger partial charge in [0.15, 0.2) is 5.96 Å². The molecule has 1 amide bonds. The van der Waals surface area contributed by atoms with Gasteiger partial charge in [0.05, 0.1) is 24.9 Å². The predicted molar refractivity (Wildman–Crippen MR) is 126 cm³/mol. The second-order valence-corrected chi connectivity index (χ2v) is 8.01. The Morgan fingerprint density at radius 3 is 2.58 bits per heavy atom. The van der Waals surface area contributed by atoms with Crippen molar-refractivity contribution in [1.29, 1.82) is 0 Å². The summed E-state index contributed by atoms with van der Waals surface area (Å²) in [6.07, 6.45) is 0. The van der Waals surface area contributed by atoms with E-state index < -0.39 is 0 Å². The summed E-state index contributed by atoms with van der Waals surface area (Å²) in [6, 6.07) is 21.7. The van der Waals surface area contributed by atoms with Gasteiger partial charge >= 0.3 is 0 Å². The second-order valence-electron chi connectivity index (χ2n) is 7.03. The first-order chi connectivity index (χ1) is 15.0. The van der Waals surface area contributed by atoms with Crippen molar-refractivity contribution in [3.63, 3.8) is 0 Å². The first-order valence-electron chi connectivity index (χ1n) is 9.75. The highest BCUT2D eigenvalue weighted by Crippen LogP contribution is 2.29. The number of carbonyl (C=O) groups is 1. The lowest BCUT2D eigenvalue weighted by atomic mass is 10.1. The van der Waals surface area contributed by atoms with E-state index in [-0.39, 0.29) is 11.9 Å². The summed E-state index contributed by atoms with van der Waals surface area (Å²) in [4.78, 5) is 18.1. The molecule has 0 aliphatic carbocycles. The maximum Gasteiger partial charge on any atom is 0.261 e. The van der Waals surface area contributed by atoms with Crippen LogP contribution in [0, 0.1) is 6.92 Å². The summed E-state index contributed by atoms with van der Waals surface area (Å²) < 4.78 is 9.65. The molecule has 0 saturated carbocycles. The molecule has 1 heterocycles. The van der Waals surface area contributed by atoms with Gasteiger partial charge in [0.2, 0.25) is 0 Å². The molecule has 31 heavy (non-hydrogen) atoms. The summed E-state index contributed by atoms with van der Waals surface area (Å²) in [6.45, 7) is 2.24. The third-order valence-electron chi connectivity index (χ3n) is 4.94. The second kappa shape index (κ2) is 8.97. The van der Waals surface area contributed by atoms with Gasteiger partial charge in [0, 0.05) is 10.4 Å². The quantitative estimate of drug-likeness (QED) is 0.360. The van der Waals surface area contributed by atoms with Gasteiger partial charge in [0.1, 0.15) is 5.75 Å². The van der Waals surface area contributed by atoms with Crippen LogP contribution in [0.25, 0.3) is 22.0 Å². The Morgan fingerprint density at radius 1 is 1.10 bits per heavy atom. The van der Waals surface area contributed by atoms with Gasteiger partial charge < -0.3 is 10.5 Å². The Morgan fingerprint density at radius 2 is 1.84 bits per heavy atom. The molecule has 3 aromatic carbocycles. The van der Waals surface area contributed by atoms with Crippen molar-refractivity contribution in [2.75, 3.05) is 7.11 Å². The molecule has 0 aliphatic rings. The molecular weight excluding hydrogens is 408 g/mol. The lowest BCUT2D eigenvalue weighted by molar-refractivity contribution is 0.0977. The van der Waals surface area contributed by atoms with Gasteiger partial charge in [-0.3, -0.25) is 10.1 Å². The third-order valence-corrected chi connectivity index (χ3v) is 5.69. The van der Waals surface area contributed by atoms with E-state index in [0.29, 0.717) is 17.8 Å². The number of fused-ring (bicyclic) bond motifs is 1. The number of methoxy groups -OCH3 is 1. The smallest absolute Gasteiger partial charge is 0.261 e. The molecule has 0 radical (unpaired) electrons. The van der Waals surface area contributed by atoms with Crippen LogP contribution in [0.4, 0.5) is 0 Å². The van der Waals surface area contributed by atoms with Gasteiger partial charge in [-0.1, -0.05) is 36.4 Å². The number of aryl methyl sites for hydroxylation is 1. The Kier molecular flexibility index (Phi) is 5.95. The number of rotatable bonds is 5. The van der Waals surface area contributed by atoms with Crippen molar-refractivity contribution in [2.24, 2.45) is 10.7 Å². The van der Waals surface area contributed by atoms with Crippen molar-refractivity contribution in [1.82, 2.24) is 9.69 Å². The molecule has 0 aliphatic heterocycles. The van der Waals surface area contributed by atoms with E-state index in [1.165, 1.54) is 16.9 Å². The number of hydrogen-bond donors (Lipinski definition) is 2. The fourth-order valence-corrected chi connectivity index (χ4v) is 4.02. The number of benzene rings is 3. The number of ether oxygens (including phenoxy) is 1.